The smallest absolute Gasteiger partial charge is 0.265 e. The molecule has 31 heavy (non-hydrogen) atoms. The molecule has 0 radical (unpaired) electrons. The first kappa shape index (κ1) is 21.3. The standard InChI is InChI=1S/C22H27N3O5S/c1-16-8-9-20-18(14-16)25(31(3,27)28)15-21(30-20)22(26)24-12-10-23(11-13-24)17-6-4-5-7-19(17)29-2/h4-9,14,21H,10-13,15H2,1-3H3/t21-/m0/s1. The zero-order chi connectivity index (χ0) is 22.2. The van der Waals surface area contributed by atoms with E-state index in [1.807, 2.05) is 37.3 Å². The lowest BCUT2D eigenvalue weighted by Crippen LogP contribution is -2.56. The number of fused-ring (bicyclic) bond motifs is 1. The van der Waals surface area contributed by atoms with Gasteiger partial charge in [-0.05, 0) is 36.8 Å². The van der Waals surface area contributed by atoms with Crippen LogP contribution >= 0.6 is 0 Å². The van der Waals surface area contributed by atoms with Gasteiger partial charge in [-0.3, -0.25) is 9.10 Å². The molecule has 0 spiro atoms. The van der Waals surface area contributed by atoms with Crippen LogP contribution in [0, 0.1) is 6.92 Å². The predicted molar refractivity (Wildman–Crippen MR) is 120 cm³/mol. The summed E-state index contributed by atoms with van der Waals surface area (Å²) in [5, 5.41) is 0. The summed E-state index contributed by atoms with van der Waals surface area (Å²) < 4.78 is 37.4. The summed E-state index contributed by atoms with van der Waals surface area (Å²) >= 11 is 0. The fourth-order valence-corrected chi connectivity index (χ4v) is 4.97. The summed E-state index contributed by atoms with van der Waals surface area (Å²) in [6.45, 7) is 4.22. The molecule has 9 heteroatoms. The van der Waals surface area contributed by atoms with Crippen LogP contribution in [0.1, 0.15) is 5.56 Å². The quantitative estimate of drug-likeness (QED) is 0.715. The number of benzene rings is 2. The van der Waals surface area contributed by atoms with Crippen LogP contribution in [0.15, 0.2) is 42.5 Å². The Morgan fingerprint density at radius 2 is 1.77 bits per heavy atom. The summed E-state index contributed by atoms with van der Waals surface area (Å²) in [6.07, 6.45) is 0.278. The number of sulfonamides is 1. The monoisotopic (exact) mass is 445 g/mol. The van der Waals surface area contributed by atoms with Crippen molar-refractivity contribution < 1.29 is 22.7 Å². The number of hydrogen-bond acceptors (Lipinski definition) is 6. The minimum absolute atomic E-state index is 0.0269. The molecule has 1 amide bonds. The Morgan fingerprint density at radius 1 is 1.06 bits per heavy atom. The van der Waals surface area contributed by atoms with Gasteiger partial charge in [-0.2, -0.15) is 0 Å². The molecule has 166 valence electrons. The van der Waals surface area contributed by atoms with Crippen LogP contribution in [0.5, 0.6) is 11.5 Å². The molecule has 2 aliphatic rings. The zero-order valence-electron chi connectivity index (χ0n) is 17.9. The molecule has 0 bridgehead atoms. The number of nitrogens with zero attached hydrogens (tertiary/aromatic N) is 3. The van der Waals surface area contributed by atoms with Crippen molar-refractivity contribution in [2.24, 2.45) is 0 Å². The van der Waals surface area contributed by atoms with Crippen LogP contribution < -0.4 is 18.7 Å². The maximum Gasteiger partial charge on any atom is 0.265 e. The Labute approximate surface area is 183 Å². The van der Waals surface area contributed by atoms with E-state index in [2.05, 4.69) is 4.90 Å². The van der Waals surface area contributed by atoms with Gasteiger partial charge in [-0.25, -0.2) is 8.42 Å². The Morgan fingerprint density at radius 3 is 2.45 bits per heavy atom. The normalized spacial score (nSPS) is 18.9. The number of anilines is 2. The van der Waals surface area contributed by atoms with Crippen molar-refractivity contribution in [2.75, 3.05) is 55.3 Å². The topological polar surface area (TPSA) is 79.4 Å². The van der Waals surface area contributed by atoms with Crippen LogP contribution in [0.25, 0.3) is 0 Å². The maximum atomic E-state index is 13.2. The minimum atomic E-state index is -3.55. The van der Waals surface area contributed by atoms with E-state index in [0.29, 0.717) is 37.6 Å². The Bertz CT molecular complexity index is 1080. The number of ether oxygens (including phenoxy) is 2. The summed E-state index contributed by atoms with van der Waals surface area (Å²) in [5.41, 5.74) is 2.40. The molecule has 1 fully saturated rings. The zero-order valence-corrected chi connectivity index (χ0v) is 18.8. The highest BCUT2D eigenvalue weighted by Gasteiger charge is 2.38. The number of methoxy groups -OCH3 is 1. The molecule has 2 aliphatic heterocycles. The van der Waals surface area contributed by atoms with Gasteiger partial charge in [0.15, 0.2) is 6.10 Å². The molecule has 0 saturated carbocycles. The number of carbonyl (C=O) groups is 1. The van der Waals surface area contributed by atoms with E-state index in [1.54, 1.807) is 24.1 Å². The summed E-state index contributed by atoms with van der Waals surface area (Å²) in [4.78, 5) is 17.1. The fourth-order valence-electron chi connectivity index (χ4n) is 4.07. The summed E-state index contributed by atoms with van der Waals surface area (Å²) in [6, 6.07) is 13.1. The predicted octanol–water partition coefficient (Wildman–Crippen LogP) is 1.88. The second kappa shape index (κ2) is 8.30. The van der Waals surface area contributed by atoms with Gasteiger partial charge >= 0.3 is 0 Å². The minimum Gasteiger partial charge on any atom is -0.495 e. The third-order valence-corrected chi connectivity index (χ3v) is 6.82. The molecular formula is C22H27N3O5S. The second-order valence-corrected chi connectivity index (χ2v) is 9.76. The van der Waals surface area contributed by atoms with Crippen LogP contribution in [0.3, 0.4) is 0 Å². The first-order valence-corrected chi connectivity index (χ1v) is 12.0. The van der Waals surface area contributed by atoms with Crippen LogP contribution in [-0.4, -0.2) is 71.4 Å². The van der Waals surface area contributed by atoms with Crippen molar-refractivity contribution in [2.45, 2.75) is 13.0 Å². The van der Waals surface area contributed by atoms with Crippen molar-refractivity contribution in [3.8, 4) is 11.5 Å². The summed E-state index contributed by atoms with van der Waals surface area (Å²) in [7, 11) is -1.90. The fraction of sp³-hybridized carbons (Fsp3) is 0.409. The van der Waals surface area contributed by atoms with E-state index in [9.17, 15) is 13.2 Å². The van der Waals surface area contributed by atoms with Crippen LogP contribution in [0.2, 0.25) is 0 Å². The molecule has 0 aliphatic carbocycles. The van der Waals surface area contributed by atoms with E-state index in [1.165, 1.54) is 4.31 Å². The molecule has 1 saturated heterocycles. The van der Waals surface area contributed by atoms with Gasteiger partial charge in [-0.15, -0.1) is 0 Å². The van der Waals surface area contributed by atoms with Crippen molar-refractivity contribution >= 4 is 27.3 Å². The van der Waals surface area contributed by atoms with E-state index in [0.717, 1.165) is 23.3 Å². The highest BCUT2D eigenvalue weighted by molar-refractivity contribution is 7.92. The highest BCUT2D eigenvalue weighted by atomic mass is 32.2. The van der Waals surface area contributed by atoms with Gasteiger partial charge in [0.2, 0.25) is 10.0 Å². The van der Waals surface area contributed by atoms with E-state index in [4.69, 9.17) is 9.47 Å². The lowest BCUT2D eigenvalue weighted by atomic mass is 10.1. The SMILES string of the molecule is COc1ccccc1N1CCN(C(=O)[C@@H]2CN(S(C)(=O)=O)c3cc(C)ccc3O2)CC1. The van der Waals surface area contributed by atoms with Crippen molar-refractivity contribution in [3.63, 3.8) is 0 Å². The average molecular weight is 446 g/mol. The van der Waals surface area contributed by atoms with Gasteiger partial charge in [0.1, 0.15) is 11.5 Å². The first-order chi connectivity index (χ1) is 14.8. The molecule has 8 nitrogen and oxygen atoms in total. The third-order valence-electron chi connectivity index (χ3n) is 5.68. The maximum absolute atomic E-state index is 13.2. The van der Waals surface area contributed by atoms with E-state index < -0.39 is 16.1 Å². The molecule has 1 atom stereocenters. The average Bonchev–Trinajstić information content (AvgIpc) is 2.77. The molecule has 0 aromatic heterocycles. The van der Waals surface area contributed by atoms with Gasteiger partial charge in [0.05, 0.1) is 31.3 Å². The number of hydrogen-bond donors (Lipinski definition) is 0. The van der Waals surface area contributed by atoms with E-state index in [-0.39, 0.29) is 12.5 Å². The Kier molecular flexibility index (Phi) is 5.70. The van der Waals surface area contributed by atoms with Crippen LogP contribution in [-0.2, 0) is 14.8 Å². The number of carbonyl (C=O) groups excluding carboxylic acids is 1. The lowest BCUT2D eigenvalue weighted by Gasteiger charge is -2.40. The highest BCUT2D eigenvalue weighted by Crippen LogP contribution is 2.36. The van der Waals surface area contributed by atoms with Crippen LogP contribution in [0.4, 0.5) is 11.4 Å². The van der Waals surface area contributed by atoms with Gasteiger partial charge in [0, 0.05) is 26.2 Å². The Balaban J connectivity index is 1.48. The second-order valence-electron chi connectivity index (χ2n) is 7.86. The van der Waals surface area contributed by atoms with Crippen molar-refractivity contribution in [1.82, 2.24) is 4.90 Å². The number of para-hydroxylation sites is 2. The summed E-state index contributed by atoms with van der Waals surface area (Å²) in [5.74, 6) is 1.02. The van der Waals surface area contributed by atoms with Gasteiger partial charge in [-0.1, -0.05) is 18.2 Å². The molecule has 2 aromatic rings. The van der Waals surface area contributed by atoms with Gasteiger partial charge in [0.25, 0.3) is 5.91 Å². The molecule has 0 N–H and O–H groups in total. The Hall–Kier alpha value is -2.94. The number of piperazine rings is 1. The van der Waals surface area contributed by atoms with Crippen molar-refractivity contribution in [3.05, 3.63) is 48.0 Å². The molecular weight excluding hydrogens is 418 g/mol. The number of aryl methyl sites for hydroxylation is 1. The number of amides is 1. The van der Waals surface area contributed by atoms with Gasteiger partial charge < -0.3 is 19.3 Å². The third kappa shape index (κ3) is 4.27. The first-order valence-electron chi connectivity index (χ1n) is 10.2. The van der Waals surface area contributed by atoms with E-state index >= 15 is 0 Å². The number of rotatable bonds is 4. The molecule has 0 unspecified atom stereocenters. The van der Waals surface area contributed by atoms with Crippen molar-refractivity contribution in [1.29, 1.82) is 0 Å². The lowest BCUT2D eigenvalue weighted by molar-refractivity contribution is -0.138. The molecule has 2 aromatic carbocycles. The largest absolute Gasteiger partial charge is 0.495 e. The molecule has 2 heterocycles. The molecule has 4 rings (SSSR count).